The van der Waals surface area contributed by atoms with Crippen LogP contribution in [0.25, 0.3) is 0 Å². The number of amides is 2. The van der Waals surface area contributed by atoms with Crippen molar-refractivity contribution >= 4 is 29.1 Å². The Bertz CT molecular complexity index is 502. The van der Waals surface area contributed by atoms with Gasteiger partial charge in [-0.25, -0.2) is 0 Å². The second kappa shape index (κ2) is 9.19. The van der Waals surface area contributed by atoms with Gasteiger partial charge in [0.05, 0.1) is 17.9 Å². The van der Waals surface area contributed by atoms with Gasteiger partial charge in [-0.3, -0.25) is 14.4 Å². The Kier molecular flexibility index (Phi) is 7.59. The first-order valence-corrected chi connectivity index (χ1v) is 7.98. The molecule has 1 N–H and O–H groups in total. The van der Waals surface area contributed by atoms with Crippen molar-refractivity contribution in [2.24, 2.45) is 5.92 Å². The fourth-order valence-corrected chi connectivity index (χ4v) is 2.66. The van der Waals surface area contributed by atoms with E-state index in [1.54, 1.807) is 17.9 Å². The van der Waals surface area contributed by atoms with Gasteiger partial charge in [-0.1, -0.05) is 13.0 Å². The van der Waals surface area contributed by atoms with Crippen LogP contribution >= 0.6 is 11.3 Å². The minimum atomic E-state index is -0.394. The van der Waals surface area contributed by atoms with E-state index in [1.165, 1.54) is 25.4 Å². The molecular weight excluding hydrogens is 304 g/mol. The molecule has 0 bridgehead atoms. The van der Waals surface area contributed by atoms with Crippen LogP contribution in [0.3, 0.4) is 0 Å². The number of thiophene rings is 1. The lowest BCUT2D eigenvalue weighted by molar-refractivity contribution is -0.145. The number of nitrogens with one attached hydrogen (secondary N) is 1. The monoisotopic (exact) mass is 326 g/mol. The van der Waals surface area contributed by atoms with Gasteiger partial charge in [0.15, 0.2) is 0 Å². The third-order valence-corrected chi connectivity index (χ3v) is 3.95. The molecule has 122 valence electrons. The van der Waals surface area contributed by atoms with E-state index in [0.29, 0.717) is 30.9 Å². The van der Waals surface area contributed by atoms with Crippen molar-refractivity contribution in [3.8, 4) is 0 Å². The van der Waals surface area contributed by atoms with Crippen LogP contribution in [0.4, 0.5) is 0 Å². The van der Waals surface area contributed by atoms with Crippen LogP contribution in [-0.2, 0) is 14.3 Å². The molecule has 7 heteroatoms. The van der Waals surface area contributed by atoms with E-state index in [9.17, 15) is 14.4 Å². The first kappa shape index (κ1) is 18.2. The predicted octanol–water partition coefficient (Wildman–Crippen LogP) is 1.53. The summed E-state index contributed by atoms with van der Waals surface area (Å²) in [6.07, 6.45) is 0.630. The molecular formula is C15H22N2O4S. The Balaban J connectivity index is 2.65. The van der Waals surface area contributed by atoms with E-state index in [0.717, 1.165) is 0 Å². The molecule has 1 unspecified atom stereocenters. The van der Waals surface area contributed by atoms with Gasteiger partial charge in [0, 0.05) is 26.6 Å². The summed E-state index contributed by atoms with van der Waals surface area (Å²) in [5, 5.41) is 4.54. The first-order chi connectivity index (χ1) is 10.5. The molecule has 0 saturated carbocycles. The lowest BCUT2D eigenvalue weighted by Gasteiger charge is -2.24. The maximum Gasteiger partial charge on any atom is 0.310 e. The fraction of sp³-hybridized carbons (Fsp3) is 0.533. The standard InChI is InChI=1S/C15H22N2O4S/c1-11(15(20)21-3)10-17(8-5-7-16-12(2)18)14(19)13-6-4-9-22-13/h4,6,9,11H,5,7-8,10H2,1-3H3,(H,16,18). The molecule has 0 aliphatic rings. The molecule has 6 nitrogen and oxygen atoms in total. The Morgan fingerprint density at radius 2 is 2.14 bits per heavy atom. The summed E-state index contributed by atoms with van der Waals surface area (Å²) in [5.74, 6) is -0.937. The quantitative estimate of drug-likeness (QED) is 0.580. The average molecular weight is 326 g/mol. The molecule has 0 aliphatic carbocycles. The van der Waals surface area contributed by atoms with Crippen LogP contribution in [0.2, 0.25) is 0 Å². The second-order valence-electron chi connectivity index (χ2n) is 4.99. The van der Waals surface area contributed by atoms with Crippen LogP contribution in [0.15, 0.2) is 17.5 Å². The van der Waals surface area contributed by atoms with Gasteiger partial charge in [-0.15, -0.1) is 11.3 Å². The number of hydrogen-bond acceptors (Lipinski definition) is 5. The summed E-state index contributed by atoms with van der Waals surface area (Å²) in [5.41, 5.74) is 0. The van der Waals surface area contributed by atoms with Gasteiger partial charge in [0.2, 0.25) is 5.91 Å². The van der Waals surface area contributed by atoms with Crippen molar-refractivity contribution in [1.29, 1.82) is 0 Å². The largest absolute Gasteiger partial charge is 0.469 e. The zero-order valence-electron chi connectivity index (χ0n) is 13.1. The van der Waals surface area contributed by atoms with Gasteiger partial charge >= 0.3 is 5.97 Å². The van der Waals surface area contributed by atoms with E-state index >= 15 is 0 Å². The molecule has 1 heterocycles. The van der Waals surface area contributed by atoms with Gasteiger partial charge in [0.25, 0.3) is 5.91 Å². The summed E-state index contributed by atoms with van der Waals surface area (Å²) in [6.45, 7) is 4.44. The van der Waals surface area contributed by atoms with Crippen molar-refractivity contribution in [1.82, 2.24) is 10.2 Å². The Labute approximate surface area is 134 Å². The number of ether oxygens (including phenoxy) is 1. The molecule has 1 rings (SSSR count). The SMILES string of the molecule is COC(=O)C(C)CN(CCCNC(C)=O)C(=O)c1cccs1. The normalized spacial score (nSPS) is 11.6. The van der Waals surface area contributed by atoms with Gasteiger partial charge < -0.3 is 15.0 Å². The highest BCUT2D eigenvalue weighted by atomic mass is 32.1. The van der Waals surface area contributed by atoms with E-state index < -0.39 is 5.92 Å². The molecule has 0 radical (unpaired) electrons. The molecule has 0 saturated heterocycles. The maximum absolute atomic E-state index is 12.5. The third kappa shape index (κ3) is 5.85. The van der Waals surface area contributed by atoms with Crippen LogP contribution in [0, 0.1) is 5.92 Å². The van der Waals surface area contributed by atoms with Crippen LogP contribution < -0.4 is 5.32 Å². The van der Waals surface area contributed by atoms with Crippen molar-refractivity contribution in [3.63, 3.8) is 0 Å². The highest BCUT2D eigenvalue weighted by Crippen LogP contribution is 2.14. The lowest BCUT2D eigenvalue weighted by Crippen LogP contribution is -2.38. The molecule has 2 amide bonds. The van der Waals surface area contributed by atoms with Crippen molar-refractivity contribution in [3.05, 3.63) is 22.4 Å². The highest BCUT2D eigenvalue weighted by molar-refractivity contribution is 7.12. The zero-order valence-corrected chi connectivity index (χ0v) is 13.9. The number of carbonyl (C=O) groups is 3. The summed E-state index contributed by atoms with van der Waals surface area (Å²) in [6, 6.07) is 3.58. The number of nitrogens with zero attached hydrogens (tertiary/aromatic N) is 1. The number of methoxy groups -OCH3 is 1. The number of rotatable bonds is 8. The molecule has 0 aliphatic heterocycles. The highest BCUT2D eigenvalue weighted by Gasteiger charge is 2.22. The summed E-state index contributed by atoms with van der Waals surface area (Å²) in [4.78, 5) is 37.2. The third-order valence-electron chi connectivity index (χ3n) is 3.10. The van der Waals surface area contributed by atoms with Crippen LogP contribution in [0.5, 0.6) is 0 Å². The van der Waals surface area contributed by atoms with Crippen LogP contribution in [0.1, 0.15) is 29.9 Å². The van der Waals surface area contributed by atoms with Gasteiger partial charge in [0.1, 0.15) is 0 Å². The molecule has 0 aromatic carbocycles. The predicted molar refractivity (Wildman–Crippen MR) is 84.7 cm³/mol. The molecule has 22 heavy (non-hydrogen) atoms. The van der Waals surface area contributed by atoms with E-state index in [4.69, 9.17) is 4.74 Å². The van der Waals surface area contributed by atoms with Crippen LogP contribution in [-0.4, -0.2) is 49.4 Å². The smallest absolute Gasteiger partial charge is 0.310 e. The van der Waals surface area contributed by atoms with E-state index in [-0.39, 0.29) is 17.8 Å². The average Bonchev–Trinajstić information content (AvgIpc) is 3.02. The Morgan fingerprint density at radius 3 is 2.68 bits per heavy atom. The molecule has 0 fully saturated rings. The summed E-state index contributed by atoms with van der Waals surface area (Å²) < 4.78 is 4.71. The summed E-state index contributed by atoms with van der Waals surface area (Å²) >= 11 is 1.37. The minimum absolute atomic E-state index is 0.0981. The molecule has 0 spiro atoms. The van der Waals surface area contributed by atoms with Crippen molar-refractivity contribution < 1.29 is 19.1 Å². The second-order valence-corrected chi connectivity index (χ2v) is 5.94. The minimum Gasteiger partial charge on any atom is -0.469 e. The number of hydrogen-bond donors (Lipinski definition) is 1. The Morgan fingerprint density at radius 1 is 1.41 bits per heavy atom. The van der Waals surface area contributed by atoms with Gasteiger partial charge in [-0.05, 0) is 17.9 Å². The zero-order chi connectivity index (χ0) is 16.5. The summed E-state index contributed by atoms with van der Waals surface area (Å²) in [7, 11) is 1.33. The maximum atomic E-state index is 12.5. The van der Waals surface area contributed by atoms with Crippen molar-refractivity contribution in [2.45, 2.75) is 20.3 Å². The van der Waals surface area contributed by atoms with Crippen molar-refractivity contribution in [2.75, 3.05) is 26.7 Å². The van der Waals surface area contributed by atoms with Gasteiger partial charge in [-0.2, -0.15) is 0 Å². The molecule has 1 atom stereocenters. The molecule has 1 aromatic heterocycles. The Hall–Kier alpha value is -1.89. The fourth-order valence-electron chi connectivity index (χ4n) is 1.97. The molecule has 1 aromatic rings. The van der Waals surface area contributed by atoms with E-state index in [1.807, 2.05) is 11.4 Å². The number of carbonyl (C=O) groups excluding carboxylic acids is 3. The number of esters is 1. The first-order valence-electron chi connectivity index (χ1n) is 7.10. The topological polar surface area (TPSA) is 75.7 Å². The lowest BCUT2D eigenvalue weighted by atomic mass is 10.1. The van der Waals surface area contributed by atoms with E-state index in [2.05, 4.69) is 5.32 Å².